The fraction of sp³-hybridized carbons (Fsp3) is 0.235. The van der Waals surface area contributed by atoms with Crippen LogP contribution in [-0.4, -0.2) is 24.0 Å². The van der Waals surface area contributed by atoms with E-state index in [1.54, 1.807) is 12.1 Å². The van der Waals surface area contributed by atoms with Crippen LogP contribution in [0.15, 0.2) is 54.6 Å². The fourth-order valence-corrected chi connectivity index (χ4v) is 2.53. The number of para-hydroxylation sites is 1. The second-order valence-electron chi connectivity index (χ2n) is 4.90. The summed E-state index contributed by atoms with van der Waals surface area (Å²) in [5.41, 5.74) is 1.62. The first-order valence-electron chi connectivity index (χ1n) is 6.97. The van der Waals surface area contributed by atoms with Gasteiger partial charge in [-0.05, 0) is 43.2 Å². The lowest BCUT2D eigenvalue weighted by molar-refractivity contribution is 0.0913. The van der Waals surface area contributed by atoms with Crippen LogP contribution in [0.2, 0.25) is 0 Å². The average molecular weight is 265 g/mol. The molecular weight excluding hydrogens is 248 g/mol. The molecule has 0 atom stereocenters. The van der Waals surface area contributed by atoms with E-state index in [-0.39, 0.29) is 5.91 Å². The molecule has 20 heavy (non-hydrogen) atoms. The van der Waals surface area contributed by atoms with E-state index in [1.165, 1.54) is 0 Å². The van der Waals surface area contributed by atoms with Gasteiger partial charge in [0, 0.05) is 18.7 Å². The molecule has 0 aromatic heterocycles. The monoisotopic (exact) mass is 265 g/mol. The standard InChI is InChI=1S/C17H17N2O/c20-17(15-9-3-1-4-10-15)19(18-13-7-8-14-18)16-11-5-2-6-12-16/h2-6,9-12H,7-8,13-14H2. The van der Waals surface area contributed by atoms with Crippen LogP contribution in [0.4, 0.5) is 5.69 Å². The zero-order chi connectivity index (χ0) is 13.8. The summed E-state index contributed by atoms with van der Waals surface area (Å²) in [6.07, 6.45) is 2.28. The second kappa shape index (κ2) is 5.88. The summed E-state index contributed by atoms with van der Waals surface area (Å²) >= 11 is 0. The highest BCUT2D eigenvalue weighted by molar-refractivity contribution is 6.05. The van der Waals surface area contributed by atoms with E-state index in [4.69, 9.17) is 0 Å². The summed E-state index contributed by atoms with van der Waals surface area (Å²) in [6.45, 7) is 1.86. The molecule has 0 aliphatic carbocycles. The first-order valence-corrected chi connectivity index (χ1v) is 6.97. The number of anilines is 1. The Kier molecular flexibility index (Phi) is 3.79. The van der Waals surface area contributed by atoms with Crippen molar-refractivity contribution < 1.29 is 4.79 Å². The summed E-state index contributed by atoms with van der Waals surface area (Å²) in [5, 5.41) is 3.94. The zero-order valence-corrected chi connectivity index (χ0v) is 11.3. The summed E-state index contributed by atoms with van der Waals surface area (Å²) < 4.78 is 0. The van der Waals surface area contributed by atoms with E-state index in [0.29, 0.717) is 5.56 Å². The summed E-state index contributed by atoms with van der Waals surface area (Å²) in [4.78, 5) is 12.8. The maximum absolute atomic E-state index is 12.8. The molecule has 1 saturated heterocycles. The van der Waals surface area contributed by atoms with Crippen LogP contribution in [0.5, 0.6) is 0 Å². The summed E-state index contributed by atoms with van der Waals surface area (Å²) in [6, 6.07) is 20.0. The molecule has 101 valence electrons. The Morgan fingerprint density at radius 1 is 1.00 bits per heavy atom. The lowest BCUT2D eigenvalue weighted by atomic mass is 10.2. The van der Waals surface area contributed by atoms with Crippen molar-refractivity contribution in [2.24, 2.45) is 0 Å². The highest BCUT2D eigenvalue weighted by atomic mass is 16.2. The Balaban J connectivity index is 1.95. The van der Waals surface area contributed by atoms with Gasteiger partial charge in [-0.15, -0.1) is 0 Å². The number of hydrazine groups is 1. The smallest absolute Gasteiger partial charge is 0.267 e. The minimum absolute atomic E-state index is 0.0205. The van der Waals surface area contributed by atoms with E-state index in [1.807, 2.05) is 47.5 Å². The molecule has 1 fully saturated rings. The molecule has 1 amide bonds. The SMILES string of the molecule is O=C(c1cc[c]cc1)N(c1ccccc1)N1CCCC1. The minimum Gasteiger partial charge on any atom is -0.267 e. The number of benzene rings is 2. The third-order valence-corrected chi connectivity index (χ3v) is 3.52. The molecule has 3 nitrogen and oxygen atoms in total. The molecule has 0 spiro atoms. The Labute approximate surface area is 119 Å². The van der Waals surface area contributed by atoms with Gasteiger partial charge in [0.25, 0.3) is 5.91 Å². The number of nitrogens with zero attached hydrogens (tertiary/aromatic N) is 2. The van der Waals surface area contributed by atoms with E-state index in [2.05, 4.69) is 11.1 Å². The van der Waals surface area contributed by atoms with Gasteiger partial charge < -0.3 is 0 Å². The largest absolute Gasteiger partial charge is 0.272 e. The van der Waals surface area contributed by atoms with Gasteiger partial charge in [-0.1, -0.05) is 30.3 Å². The van der Waals surface area contributed by atoms with Crippen molar-refractivity contribution in [3.8, 4) is 0 Å². The lowest BCUT2D eigenvalue weighted by Crippen LogP contribution is -2.45. The van der Waals surface area contributed by atoms with Gasteiger partial charge in [0.1, 0.15) is 0 Å². The van der Waals surface area contributed by atoms with E-state index >= 15 is 0 Å². The zero-order valence-electron chi connectivity index (χ0n) is 11.3. The van der Waals surface area contributed by atoms with Crippen molar-refractivity contribution in [3.63, 3.8) is 0 Å². The Bertz CT molecular complexity index is 562. The normalized spacial score (nSPS) is 15.2. The summed E-state index contributed by atoms with van der Waals surface area (Å²) in [7, 11) is 0. The fourth-order valence-electron chi connectivity index (χ4n) is 2.53. The molecular formula is C17H17N2O. The molecule has 0 saturated carbocycles. The predicted octanol–water partition coefficient (Wildman–Crippen LogP) is 3.14. The van der Waals surface area contributed by atoms with Crippen molar-refractivity contribution in [2.75, 3.05) is 18.1 Å². The quantitative estimate of drug-likeness (QED) is 0.851. The Morgan fingerprint density at radius 2 is 1.65 bits per heavy atom. The van der Waals surface area contributed by atoms with Crippen LogP contribution >= 0.6 is 0 Å². The third-order valence-electron chi connectivity index (χ3n) is 3.52. The average Bonchev–Trinajstić information content (AvgIpc) is 3.03. The maximum atomic E-state index is 12.8. The molecule has 0 bridgehead atoms. The highest BCUT2D eigenvalue weighted by Crippen LogP contribution is 2.22. The van der Waals surface area contributed by atoms with Crippen LogP contribution < -0.4 is 5.01 Å². The number of hydrogen-bond acceptors (Lipinski definition) is 2. The van der Waals surface area contributed by atoms with Crippen LogP contribution in [-0.2, 0) is 0 Å². The molecule has 1 aliphatic rings. The van der Waals surface area contributed by atoms with E-state index < -0.39 is 0 Å². The Hall–Kier alpha value is -2.13. The topological polar surface area (TPSA) is 23.6 Å². The first kappa shape index (κ1) is 12.9. The molecule has 3 heteroatoms. The van der Waals surface area contributed by atoms with Gasteiger partial charge in [0.05, 0.1) is 5.69 Å². The van der Waals surface area contributed by atoms with Crippen molar-refractivity contribution in [3.05, 3.63) is 66.2 Å². The highest BCUT2D eigenvalue weighted by Gasteiger charge is 2.26. The third kappa shape index (κ3) is 2.58. The predicted molar refractivity (Wildman–Crippen MR) is 79.3 cm³/mol. The van der Waals surface area contributed by atoms with Crippen molar-refractivity contribution >= 4 is 11.6 Å². The van der Waals surface area contributed by atoms with Crippen LogP contribution in [0.1, 0.15) is 23.2 Å². The van der Waals surface area contributed by atoms with E-state index in [9.17, 15) is 4.79 Å². The summed E-state index contributed by atoms with van der Waals surface area (Å²) in [5.74, 6) is 0.0205. The molecule has 3 rings (SSSR count). The van der Waals surface area contributed by atoms with Gasteiger partial charge in [-0.25, -0.2) is 10.0 Å². The second-order valence-corrected chi connectivity index (χ2v) is 4.90. The van der Waals surface area contributed by atoms with Gasteiger partial charge in [-0.3, -0.25) is 4.79 Å². The number of amides is 1. The van der Waals surface area contributed by atoms with Crippen molar-refractivity contribution in [1.29, 1.82) is 0 Å². The molecule has 2 aromatic rings. The van der Waals surface area contributed by atoms with Gasteiger partial charge in [0.15, 0.2) is 0 Å². The Morgan fingerprint density at radius 3 is 2.30 bits per heavy atom. The molecule has 1 radical (unpaired) electrons. The van der Waals surface area contributed by atoms with E-state index in [0.717, 1.165) is 31.6 Å². The molecule has 2 aromatic carbocycles. The van der Waals surface area contributed by atoms with Crippen molar-refractivity contribution in [2.45, 2.75) is 12.8 Å². The molecule has 0 N–H and O–H groups in total. The first-order chi connectivity index (χ1) is 9.86. The number of carbonyl (C=O) groups is 1. The van der Waals surface area contributed by atoms with Gasteiger partial charge in [0.2, 0.25) is 0 Å². The lowest BCUT2D eigenvalue weighted by Gasteiger charge is -2.31. The molecule has 1 aliphatic heterocycles. The van der Waals surface area contributed by atoms with Crippen molar-refractivity contribution in [1.82, 2.24) is 5.01 Å². The van der Waals surface area contributed by atoms with Crippen LogP contribution in [0, 0.1) is 6.07 Å². The van der Waals surface area contributed by atoms with Gasteiger partial charge >= 0.3 is 0 Å². The van der Waals surface area contributed by atoms with Gasteiger partial charge in [-0.2, -0.15) is 0 Å². The number of rotatable bonds is 3. The van der Waals surface area contributed by atoms with Crippen LogP contribution in [0.3, 0.4) is 0 Å². The van der Waals surface area contributed by atoms with Crippen LogP contribution in [0.25, 0.3) is 0 Å². The maximum Gasteiger partial charge on any atom is 0.272 e. The molecule has 1 heterocycles. The number of carbonyl (C=O) groups excluding carboxylic acids is 1. The molecule has 0 unspecified atom stereocenters. The minimum atomic E-state index is 0.0205. The number of hydrogen-bond donors (Lipinski definition) is 0.